The first-order chi connectivity index (χ1) is 22.0. The van der Waals surface area contributed by atoms with E-state index in [0.29, 0.717) is 65.9 Å². The summed E-state index contributed by atoms with van der Waals surface area (Å²) in [4.78, 5) is 40.1. The number of ketones is 2. The average molecular weight is 645 g/mol. The summed E-state index contributed by atoms with van der Waals surface area (Å²) < 4.78 is 25.6. The Bertz CT molecular complexity index is 1720. The lowest BCUT2D eigenvalue weighted by Crippen LogP contribution is -2.72. The van der Waals surface area contributed by atoms with Crippen LogP contribution in [0.15, 0.2) is 53.4 Å². The quantitative estimate of drug-likeness (QED) is 0.172. The van der Waals surface area contributed by atoms with Gasteiger partial charge in [-0.25, -0.2) is 0 Å². The van der Waals surface area contributed by atoms with Crippen molar-refractivity contribution in [3.05, 3.63) is 70.1 Å². The van der Waals surface area contributed by atoms with Crippen LogP contribution in [0.5, 0.6) is 17.2 Å². The molecule has 3 aliphatic carbocycles. The molecule has 3 aliphatic heterocycles. The number of carbonyl (C=O) groups excluding carboxylic acids is 3. The molecule has 2 fully saturated rings. The predicted molar refractivity (Wildman–Crippen MR) is 175 cm³/mol. The molecule has 7 rings (SSSR count). The van der Waals surface area contributed by atoms with Crippen molar-refractivity contribution in [3.8, 4) is 17.2 Å². The van der Waals surface area contributed by atoms with Gasteiger partial charge in [0, 0.05) is 29.4 Å². The third kappa shape index (κ3) is 4.76. The van der Waals surface area contributed by atoms with Crippen LogP contribution < -0.4 is 9.47 Å². The van der Waals surface area contributed by atoms with E-state index in [0.717, 1.165) is 5.57 Å². The van der Waals surface area contributed by atoms with Gasteiger partial charge in [0.2, 0.25) is 0 Å². The Labute approximate surface area is 275 Å². The molecule has 0 amide bonds. The van der Waals surface area contributed by atoms with Crippen LogP contribution in [0, 0.1) is 11.8 Å². The molecule has 3 heterocycles. The summed E-state index contributed by atoms with van der Waals surface area (Å²) in [5, 5.41) is 22.3. The molecule has 47 heavy (non-hydrogen) atoms. The smallest absolute Gasteiger partial charge is 0.298 e. The number of fused-ring (bicyclic) bond motifs is 2. The molecule has 3 unspecified atom stereocenters. The molecule has 9 heteroatoms. The van der Waals surface area contributed by atoms with E-state index in [1.807, 2.05) is 46.8 Å². The largest absolute Gasteiger partial charge is 0.506 e. The SMILES string of the molecule is C=C(C)C(O)CC[C@]1(C)C=Cc2c(O)c3c(c(CC=C(C)C)c2O1)O[C@]12C(=C[C@@H]4CC1C(C)(C)OC2(CC=C(C)OC=O)C4=O)C3=O. The highest BCUT2D eigenvalue weighted by atomic mass is 16.6. The molecule has 1 saturated heterocycles. The number of carbonyl (C=O) groups is 3. The van der Waals surface area contributed by atoms with Gasteiger partial charge in [0.25, 0.3) is 6.47 Å². The maximum absolute atomic E-state index is 14.7. The highest BCUT2D eigenvalue weighted by Crippen LogP contribution is 2.68. The zero-order chi connectivity index (χ0) is 34.3. The zero-order valence-corrected chi connectivity index (χ0v) is 28.2. The van der Waals surface area contributed by atoms with Gasteiger partial charge in [0.1, 0.15) is 34.2 Å². The fourth-order valence-corrected chi connectivity index (χ4v) is 8.22. The van der Waals surface area contributed by atoms with Crippen molar-refractivity contribution in [1.82, 2.24) is 0 Å². The minimum Gasteiger partial charge on any atom is -0.506 e. The molecular formula is C38H44O9. The predicted octanol–water partition coefficient (Wildman–Crippen LogP) is 6.26. The van der Waals surface area contributed by atoms with Crippen molar-refractivity contribution >= 4 is 24.1 Å². The van der Waals surface area contributed by atoms with Crippen LogP contribution in [-0.2, 0) is 25.5 Å². The Kier molecular flexibility index (Phi) is 7.76. The molecule has 1 aromatic carbocycles. The number of hydrogen-bond donors (Lipinski definition) is 2. The fraction of sp³-hybridized carbons (Fsp3) is 0.500. The van der Waals surface area contributed by atoms with E-state index >= 15 is 0 Å². The number of phenols is 1. The maximum Gasteiger partial charge on any atom is 0.298 e. The van der Waals surface area contributed by atoms with E-state index in [-0.39, 0.29) is 35.2 Å². The lowest BCUT2D eigenvalue weighted by atomic mass is 9.51. The van der Waals surface area contributed by atoms with Gasteiger partial charge in [-0.1, -0.05) is 29.9 Å². The standard InChI is InChI=1S/C38H44O9/c1-20(2)9-10-25-32-24(12-14-36(8,45-32)15-13-27(40)21(3)4)30(41)29-31(42)26-17-23-18-28-35(6,7)47-37(34(23)43,16-11-22(5)44-19-39)38(26,28)46-33(25)29/h9,11-12,14,17,19,23,27-28,40-41H,3,10,13,15-16,18H2,1-2,4-8H3/t23-,27?,28?,36+,37?,38-/m1/s1. The van der Waals surface area contributed by atoms with Crippen LogP contribution in [0.4, 0.5) is 0 Å². The van der Waals surface area contributed by atoms with Crippen molar-refractivity contribution in [2.24, 2.45) is 11.8 Å². The Morgan fingerprint density at radius 2 is 1.85 bits per heavy atom. The van der Waals surface area contributed by atoms with Crippen LogP contribution in [0.25, 0.3) is 6.08 Å². The third-order valence-electron chi connectivity index (χ3n) is 10.7. The second-order valence-electron chi connectivity index (χ2n) is 14.7. The molecule has 0 radical (unpaired) electrons. The van der Waals surface area contributed by atoms with Gasteiger partial charge < -0.3 is 29.2 Å². The molecule has 6 aliphatic rings. The normalized spacial score (nSPS) is 31.5. The van der Waals surface area contributed by atoms with Crippen molar-refractivity contribution in [2.45, 2.75) is 109 Å². The molecule has 2 N–H and O–H groups in total. The van der Waals surface area contributed by atoms with E-state index in [9.17, 15) is 24.6 Å². The first kappa shape index (κ1) is 33.0. The van der Waals surface area contributed by atoms with Gasteiger partial charge in [-0.2, -0.15) is 0 Å². The zero-order valence-electron chi connectivity index (χ0n) is 28.2. The number of aliphatic hydroxyl groups excluding tert-OH is 1. The molecule has 0 aromatic heterocycles. The molecule has 1 saturated carbocycles. The van der Waals surface area contributed by atoms with Crippen molar-refractivity contribution in [1.29, 1.82) is 0 Å². The van der Waals surface area contributed by atoms with Gasteiger partial charge in [-0.05, 0) is 92.4 Å². The minimum absolute atomic E-state index is 0.0183. The van der Waals surface area contributed by atoms with Crippen molar-refractivity contribution < 1.29 is 43.5 Å². The van der Waals surface area contributed by atoms with Gasteiger partial charge >= 0.3 is 0 Å². The van der Waals surface area contributed by atoms with Crippen LogP contribution in [0.2, 0.25) is 0 Å². The summed E-state index contributed by atoms with van der Waals surface area (Å²) in [5.74, 6) is -0.936. The summed E-state index contributed by atoms with van der Waals surface area (Å²) in [5.41, 5.74) is -1.77. The summed E-state index contributed by atoms with van der Waals surface area (Å²) in [6.45, 7) is 17.2. The van der Waals surface area contributed by atoms with Crippen LogP contribution in [0.3, 0.4) is 0 Å². The van der Waals surface area contributed by atoms with Crippen LogP contribution >= 0.6 is 0 Å². The van der Waals surface area contributed by atoms with Crippen molar-refractivity contribution in [2.75, 3.05) is 0 Å². The number of benzene rings is 1. The molecule has 9 nitrogen and oxygen atoms in total. The average Bonchev–Trinajstić information content (AvgIpc) is 3.15. The number of rotatable bonds is 10. The molecule has 1 spiro atoms. The van der Waals surface area contributed by atoms with Crippen LogP contribution in [-0.4, -0.2) is 56.8 Å². The number of phenolic OH excluding ortho intramolecular Hbond substituents is 1. The Morgan fingerprint density at radius 1 is 1.13 bits per heavy atom. The Hall–Kier alpha value is -3.95. The number of aromatic hydroxyl groups is 1. The topological polar surface area (TPSA) is 129 Å². The minimum atomic E-state index is -1.58. The molecule has 4 bridgehead atoms. The van der Waals surface area contributed by atoms with Crippen LogP contribution in [0.1, 0.15) is 95.6 Å². The Balaban J connectivity index is 1.56. The van der Waals surface area contributed by atoms with Crippen molar-refractivity contribution in [3.63, 3.8) is 0 Å². The number of ether oxygens (including phenoxy) is 4. The summed E-state index contributed by atoms with van der Waals surface area (Å²) in [7, 11) is 0. The first-order valence-corrected chi connectivity index (χ1v) is 16.3. The van der Waals surface area contributed by atoms with Gasteiger partial charge in [-0.3, -0.25) is 14.4 Å². The summed E-state index contributed by atoms with van der Waals surface area (Å²) in [6, 6.07) is 0. The molecule has 1 aromatic rings. The van der Waals surface area contributed by atoms with Gasteiger partial charge in [0.15, 0.2) is 22.8 Å². The number of allylic oxidation sites excluding steroid dienone is 4. The van der Waals surface area contributed by atoms with E-state index in [1.165, 1.54) is 0 Å². The van der Waals surface area contributed by atoms with E-state index in [4.69, 9.17) is 18.9 Å². The van der Waals surface area contributed by atoms with E-state index in [1.54, 1.807) is 32.1 Å². The second kappa shape index (κ2) is 11.1. The highest BCUT2D eigenvalue weighted by Gasteiger charge is 2.81. The van der Waals surface area contributed by atoms with E-state index in [2.05, 4.69) is 6.58 Å². The Morgan fingerprint density at radius 3 is 2.51 bits per heavy atom. The monoisotopic (exact) mass is 644 g/mol. The second-order valence-corrected chi connectivity index (χ2v) is 14.7. The molecule has 250 valence electrons. The number of aliphatic hydroxyl groups is 1. The first-order valence-electron chi connectivity index (χ1n) is 16.3. The maximum atomic E-state index is 14.7. The summed E-state index contributed by atoms with van der Waals surface area (Å²) in [6.07, 6.45) is 9.93. The fourth-order valence-electron chi connectivity index (χ4n) is 8.22. The lowest BCUT2D eigenvalue weighted by molar-refractivity contribution is -0.171. The molecular weight excluding hydrogens is 600 g/mol. The summed E-state index contributed by atoms with van der Waals surface area (Å²) >= 11 is 0. The van der Waals surface area contributed by atoms with E-state index < -0.39 is 40.2 Å². The lowest BCUT2D eigenvalue weighted by Gasteiger charge is -2.56. The van der Waals surface area contributed by atoms with Gasteiger partial charge in [-0.15, -0.1) is 0 Å². The highest BCUT2D eigenvalue weighted by molar-refractivity contribution is 6.19. The third-order valence-corrected chi connectivity index (χ3v) is 10.7. The van der Waals surface area contributed by atoms with Gasteiger partial charge in [0.05, 0.1) is 17.3 Å². The molecule has 6 atom stereocenters. The number of Topliss-reactive ketones (excluding diaryl/α,β-unsaturated/α-hetero) is 2. The number of hydrogen-bond acceptors (Lipinski definition) is 9.